The molecule has 0 saturated carbocycles. The quantitative estimate of drug-likeness (QED) is 0.672. The molecule has 22 heavy (non-hydrogen) atoms. The Balaban J connectivity index is 2.31. The van der Waals surface area contributed by atoms with Gasteiger partial charge >= 0.3 is 0 Å². The van der Waals surface area contributed by atoms with E-state index in [1.807, 2.05) is 0 Å². The first-order valence-corrected chi connectivity index (χ1v) is 7.97. The number of aromatic nitrogens is 1. The van der Waals surface area contributed by atoms with Crippen LogP contribution in [0.3, 0.4) is 0 Å². The van der Waals surface area contributed by atoms with E-state index in [0.29, 0.717) is 5.56 Å². The van der Waals surface area contributed by atoms with Crippen molar-refractivity contribution >= 4 is 15.7 Å². The number of pyridine rings is 1. The van der Waals surface area contributed by atoms with Gasteiger partial charge in [-0.25, -0.2) is 13.1 Å². The molecule has 0 aliphatic carbocycles. The molecular weight excluding hydrogens is 306 g/mol. The van der Waals surface area contributed by atoms with E-state index in [2.05, 4.69) is 9.71 Å². The van der Waals surface area contributed by atoms with Gasteiger partial charge in [0.1, 0.15) is 0 Å². The highest BCUT2D eigenvalue weighted by Gasteiger charge is 2.22. The Morgan fingerprint density at radius 2 is 1.86 bits per heavy atom. The Morgan fingerprint density at radius 3 is 2.45 bits per heavy atom. The number of nitrogens with one attached hydrogen (secondary N) is 1. The topological polar surface area (TPSA) is 102 Å². The Morgan fingerprint density at radius 1 is 1.23 bits per heavy atom. The van der Waals surface area contributed by atoms with Crippen LogP contribution in [0.4, 0.5) is 5.69 Å². The van der Waals surface area contributed by atoms with Crippen LogP contribution in [0.5, 0.6) is 0 Å². The van der Waals surface area contributed by atoms with Crippen molar-refractivity contribution in [2.24, 2.45) is 0 Å². The van der Waals surface area contributed by atoms with Gasteiger partial charge in [-0.3, -0.25) is 15.1 Å². The largest absolute Gasteiger partial charge is 0.273 e. The van der Waals surface area contributed by atoms with Gasteiger partial charge in [-0.2, -0.15) is 0 Å². The van der Waals surface area contributed by atoms with Crippen LogP contribution < -0.4 is 4.72 Å². The lowest BCUT2D eigenvalue weighted by atomic mass is 10.1. The van der Waals surface area contributed by atoms with E-state index in [9.17, 15) is 18.5 Å². The number of rotatable bonds is 5. The second-order valence-corrected chi connectivity index (χ2v) is 6.54. The maximum absolute atomic E-state index is 12.4. The highest BCUT2D eigenvalue weighted by molar-refractivity contribution is 7.89. The second kappa shape index (κ2) is 6.20. The van der Waals surface area contributed by atoms with Crippen LogP contribution >= 0.6 is 0 Å². The molecule has 0 bridgehead atoms. The molecule has 0 spiro atoms. The summed E-state index contributed by atoms with van der Waals surface area (Å²) in [6.45, 7) is 3.25. The zero-order valence-electron chi connectivity index (χ0n) is 12.1. The lowest BCUT2D eigenvalue weighted by Crippen LogP contribution is -2.27. The standard InChI is InChI=1S/C14H15N3O4S/c1-10-3-4-13(9-14(10)17(18)19)22(20,21)16-11(2)12-5-7-15-8-6-12/h3-9,11,16H,1-2H3/t11-/m0/s1. The van der Waals surface area contributed by atoms with Gasteiger partial charge in [0.25, 0.3) is 5.69 Å². The van der Waals surface area contributed by atoms with Crippen molar-refractivity contribution in [1.29, 1.82) is 0 Å². The first-order valence-electron chi connectivity index (χ1n) is 6.48. The molecule has 0 radical (unpaired) electrons. The summed E-state index contributed by atoms with van der Waals surface area (Å²) >= 11 is 0. The molecule has 7 nitrogen and oxygen atoms in total. The number of nitrogens with zero attached hydrogens (tertiary/aromatic N) is 2. The zero-order chi connectivity index (χ0) is 16.3. The van der Waals surface area contributed by atoms with Gasteiger partial charge in [-0.15, -0.1) is 0 Å². The molecule has 0 amide bonds. The van der Waals surface area contributed by atoms with Gasteiger partial charge in [0.05, 0.1) is 9.82 Å². The molecule has 1 atom stereocenters. The summed E-state index contributed by atoms with van der Waals surface area (Å²) in [5, 5.41) is 10.9. The summed E-state index contributed by atoms with van der Waals surface area (Å²) in [4.78, 5) is 14.1. The summed E-state index contributed by atoms with van der Waals surface area (Å²) < 4.78 is 27.2. The molecule has 1 heterocycles. The number of nitro groups is 1. The summed E-state index contributed by atoms with van der Waals surface area (Å²) in [6, 6.07) is 6.76. The van der Waals surface area contributed by atoms with Crippen molar-refractivity contribution in [1.82, 2.24) is 9.71 Å². The van der Waals surface area contributed by atoms with Crippen LogP contribution in [-0.4, -0.2) is 18.3 Å². The number of hydrogen-bond donors (Lipinski definition) is 1. The van der Waals surface area contributed by atoms with E-state index >= 15 is 0 Å². The maximum Gasteiger partial charge on any atom is 0.273 e. The Kier molecular flexibility index (Phi) is 4.53. The van der Waals surface area contributed by atoms with E-state index < -0.39 is 21.0 Å². The summed E-state index contributed by atoms with van der Waals surface area (Å²) in [5.41, 5.74) is 0.936. The molecule has 1 N–H and O–H groups in total. The molecule has 0 aliphatic heterocycles. The highest BCUT2D eigenvalue weighted by atomic mass is 32.2. The maximum atomic E-state index is 12.4. The lowest BCUT2D eigenvalue weighted by molar-refractivity contribution is -0.385. The Hall–Kier alpha value is -2.32. The van der Waals surface area contributed by atoms with Gasteiger partial charge in [0, 0.05) is 30.1 Å². The minimum Gasteiger partial charge on any atom is -0.265 e. The van der Waals surface area contributed by atoms with Crippen LogP contribution in [0.1, 0.15) is 24.1 Å². The number of aryl methyl sites for hydroxylation is 1. The number of hydrogen-bond acceptors (Lipinski definition) is 5. The van der Waals surface area contributed by atoms with Crippen LogP contribution in [-0.2, 0) is 10.0 Å². The normalized spacial score (nSPS) is 12.8. The van der Waals surface area contributed by atoms with Crippen molar-refractivity contribution < 1.29 is 13.3 Å². The van der Waals surface area contributed by atoms with E-state index in [1.165, 1.54) is 12.1 Å². The second-order valence-electron chi connectivity index (χ2n) is 4.83. The van der Waals surface area contributed by atoms with E-state index in [4.69, 9.17) is 0 Å². The molecule has 1 aromatic carbocycles. The average molecular weight is 321 g/mol. The fourth-order valence-corrected chi connectivity index (χ4v) is 3.23. The van der Waals surface area contributed by atoms with Crippen molar-refractivity contribution in [2.75, 3.05) is 0 Å². The molecule has 2 aromatic rings. The van der Waals surface area contributed by atoms with Crippen LogP contribution in [0, 0.1) is 17.0 Å². The Bertz CT molecular complexity index is 791. The van der Waals surface area contributed by atoms with Crippen LogP contribution in [0.2, 0.25) is 0 Å². The predicted octanol–water partition coefficient (Wildman–Crippen LogP) is 2.34. The molecular formula is C14H15N3O4S. The van der Waals surface area contributed by atoms with E-state index in [-0.39, 0.29) is 10.6 Å². The van der Waals surface area contributed by atoms with Crippen molar-refractivity contribution in [3.63, 3.8) is 0 Å². The third-order valence-corrected chi connectivity index (χ3v) is 4.76. The first kappa shape index (κ1) is 16.1. The number of benzene rings is 1. The molecule has 0 saturated heterocycles. The molecule has 0 fully saturated rings. The highest BCUT2D eigenvalue weighted by Crippen LogP contribution is 2.23. The SMILES string of the molecule is Cc1ccc(S(=O)(=O)N[C@@H](C)c2ccncc2)cc1[N+](=O)[O-]. The first-order chi connectivity index (χ1) is 10.3. The van der Waals surface area contributed by atoms with Gasteiger partial charge in [0.2, 0.25) is 10.0 Å². The van der Waals surface area contributed by atoms with Crippen LogP contribution in [0.15, 0.2) is 47.6 Å². The minimum absolute atomic E-state index is 0.134. The Labute approximate surface area is 128 Å². The third-order valence-electron chi connectivity index (χ3n) is 3.23. The molecule has 1 aromatic heterocycles. The van der Waals surface area contributed by atoms with Crippen LogP contribution in [0.25, 0.3) is 0 Å². The van der Waals surface area contributed by atoms with Crippen molar-refractivity contribution in [3.05, 3.63) is 64.0 Å². The van der Waals surface area contributed by atoms with E-state index in [1.54, 1.807) is 38.4 Å². The fraction of sp³-hybridized carbons (Fsp3) is 0.214. The minimum atomic E-state index is -3.86. The molecule has 0 unspecified atom stereocenters. The monoisotopic (exact) mass is 321 g/mol. The predicted molar refractivity (Wildman–Crippen MR) is 80.8 cm³/mol. The van der Waals surface area contributed by atoms with Gasteiger partial charge < -0.3 is 0 Å². The van der Waals surface area contributed by atoms with Crippen molar-refractivity contribution in [3.8, 4) is 0 Å². The van der Waals surface area contributed by atoms with Gasteiger partial charge in [0.15, 0.2) is 0 Å². The van der Waals surface area contributed by atoms with Gasteiger partial charge in [-0.1, -0.05) is 6.07 Å². The van der Waals surface area contributed by atoms with E-state index in [0.717, 1.165) is 11.6 Å². The summed E-state index contributed by atoms with van der Waals surface area (Å²) in [7, 11) is -3.86. The van der Waals surface area contributed by atoms with Crippen molar-refractivity contribution in [2.45, 2.75) is 24.8 Å². The zero-order valence-corrected chi connectivity index (χ0v) is 12.9. The smallest absolute Gasteiger partial charge is 0.265 e. The third kappa shape index (κ3) is 3.46. The summed E-state index contributed by atoms with van der Waals surface area (Å²) in [5.74, 6) is 0. The summed E-state index contributed by atoms with van der Waals surface area (Å²) in [6.07, 6.45) is 3.13. The number of nitro benzene ring substituents is 1. The molecule has 2 rings (SSSR count). The molecule has 116 valence electrons. The fourth-order valence-electron chi connectivity index (χ4n) is 1.97. The number of sulfonamides is 1. The molecule has 0 aliphatic rings. The molecule has 8 heteroatoms. The lowest BCUT2D eigenvalue weighted by Gasteiger charge is -2.14. The average Bonchev–Trinajstić information content (AvgIpc) is 2.47. The van der Waals surface area contributed by atoms with Gasteiger partial charge in [-0.05, 0) is 37.6 Å².